The van der Waals surface area contributed by atoms with Gasteiger partial charge in [-0.2, -0.15) is 0 Å². The van der Waals surface area contributed by atoms with Crippen LogP contribution in [0, 0.1) is 5.41 Å². The molecule has 1 aromatic rings. The van der Waals surface area contributed by atoms with E-state index in [2.05, 4.69) is 20.8 Å². The maximum Gasteiger partial charge on any atom is 0.248 e. The molecule has 3 heterocycles. The zero-order valence-corrected chi connectivity index (χ0v) is 19.5. The third-order valence-electron chi connectivity index (χ3n) is 6.40. The molecule has 3 aliphatic rings. The van der Waals surface area contributed by atoms with Gasteiger partial charge < -0.3 is 20.2 Å². The maximum absolute atomic E-state index is 13.7. The molecule has 1 aromatic heterocycles. The highest BCUT2D eigenvalue weighted by atomic mass is 16.7. The van der Waals surface area contributed by atoms with Gasteiger partial charge in [0.2, 0.25) is 11.8 Å². The Bertz CT molecular complexity index is 918. The molecule has 0 spiro atoms. The SMILES string of the molecule is CC1=NOC(C)(CNC(=O)C2CC(O)CN2C(=O)[C@H](n2cc(C3CC3)nn2)C(C)(C)C)C1. The lowest BCUT2D eigenvalue weighted by molar-refractivity contribution is -0.144. The Hall–Kier alpha value is -2.49. The van der Waals surface area contributed by atoms with Crippen LogP contribution in [0.5, 0.6) is 0 Å². The number of carbonyl (C=O) groups is 2. The van der Waals surface area contributed by atoms with Crippen LogP contribution >= 0.6 is 0 Å². The van der Waals surface area contributed by atoms with Gasteiger partial charge in [0.25, 0.3) is 0 Å². The fraction of sp³-hybridized carbons (Fsp3) is 0.773. The number of likely N-dealkylation sites (tertiary alicyclic amines) is 1. The first-order chi connectivity index (χ1) is 15.0. The molecule has 1 aliphatic carbocycles. The second-order valence-corrected chi connectivity index (χ2v) is 10.8. The number of aliphatic hydroxyl groups is 1. The van der Waals surface area contributed by atoms with E-state index in [0.717, 1.165) is 24.2 Å². The van der Waals surface area contributed by atoms with Gasteiger partial charge in [-0.15, -0.1) is 5.10 Å². The molecule has 176 valence electrons. The van der Waals surface area contributed by atoms with E-state index >= 15 is 0 Å². The minimum atomic E-state index is -0.753. The first-order valence-electron chi connectivity index (χ1n) is 11.4. The monoisotopic (exact) mass is 446 g/mol. The van der Waals surface area contributed by atoms with E-state index < -0.39 is 29.2 Å². The topological polar surface area (TPSA) is 122 Å². The van der Waals surface area contributed by atoms with Gasteiger partial charge in [-0.1, -0.05) is 31.1 Å². The fourth-order valence-corrected chi connectivity index (χ4v) is 4.61. The second-order valence-electron chi connectivity index (χ2n) is 10.8. The number of nitrogens with one attached hydrogen (secondary N) is 1. The molecule has 10 nitrogen and oxygen atoms in total. The van der Waals surface area contributed by atoms with Crippen LogP contribution in [0.1, 0.15) is 78.0 Å². The number of aliphatic hydroxyl groups excluding tert-OH is 1. The molecular formula is C22H34N6O4. The third kappa shape index (κ3) is 4.65. The Kier molecular flexibility index (Phi) is 5.77. The molecule has 4 rings (SSSR count). The van der Waals surface area contributed by atoms with Crippen molar-refractivity contribution in [2.24, 2.45) is 10.6 Å². The summed E-state index contributed by atoms with van der Waals surface area (Å²) < 4.78 is 1.63. The quantitative estimate of drug-likeness (QED) is 0.681. The van der Waals surface area contributed by atoms with Crippen molar-refractivity contribution >= 4 is 17.5 Å². The molecule has 0 bridgehead atoms. The molecule has 0 radical (unpaired) electrons. The fourth-order valence-electron chi connectivity index (χ4n) is 4.61. The lowest BCUT2D eigenvalue weighted by Crippen LogP contribution is -2.52. The van der Waals surface area contributed by atoms with E-state index in [1.54, 1.807) is 4.68 Å². The predicted molar refractivity (Wildman–Crippen MR) is 117 cm³/mol. The van der Waals surface area contributed by atoms with Crippen molar-refractivity contribution < 1.29 is 19.5 Å². The number of β-amino-alcohol motifs (C(OH)–C–C–N with tert-alkyl or cyclic N) is 1. The standard InChI is InChI=1S/C22H34N6O4/c1-13-9-22(5,32-25-13)12-23-19(30)17-8-15(29)10-27(17)20(31)18(21(2,3)4)28-11-16(24-26-28)14-6-7-14/h11,14-15,17-18,29H,6-10,12H2,1-5H3,(H,23,30)/t15?,17?,18-,22?/m0/s1. The van der Waals surface area contributed by atoms with Crippen LogP contribution in [0.15, 0.2) is 11.4 Å². The summed E-state index contributed by atoms with van der Waals surface area (Å²) in [6.07, 6.45) is 4.13. The summed E-state index contributed by atoms with van der Waals surface area (Å²) in [7, 11) is 0. The average molecular weight is 447 g/mol. The van der Waals surface area contributed by atoms with Gasteiger partial charge in [0, 0.05) is 31.5 Å². The van der Waals surface area contributed by atoms with Gasteiger partial charge in [-0.25, -0.2) is 4.68 Å². The van der Waals surface area contributed by atoms with Crippen LogP contribution in [0.2, 0.25) is 0 Å². The van der Waals surface area contributed by atoms with Crippen LogP contribution < -0.4 is 5.32 Å². The average Bonchev–Trinajstić information content (AvgIpc) is 3.14. The summed E-state index contributed by atoms with van der Waals surface area (Å²) in [5.74, 6) is -0.100. The van der Waals surface area contributed by atoms with Gasteiger partial charge in [-0.05, 0) is 32.1 Å². The summed E-state index contributed by atoms with van der Waals surface area (Å²) in [6, 6.07) is -1.38. The molecule has 2 fully saturated rings. The Labute approximate surface area is 188 Å². The molecule has 2 amide bonds. The summed E-state index contributed by atoms with van der Waals surface area (Å²) in [5.41, 5.74) is 0.728. The molecule has 4 atom stereocenters. The van der Waals surface area contributed by atoms with Crippen molar-refractivity contribution in [2.75, 3.05) is 13.1 Å². The third-order valence-corrected chi connectivity index (χ3v) is 6.40. The molecule has 3 unspecified atom stereocenters. The first-order valence-corrected chi connectivity index (χ1v) is 11.4. The molecule has 2 N–H and O–H groups in total. The lowest BCUT2D eigenvalue weighted by Gasteiger charge is -2.34. The summed E-state index contributed by atoms with van der Waals surface area (Å²) >= 11 is 0. The van der Waals surface area contributed by atoms with Crippen molar-refractivity contribution in [3.8, 4) is 0 Å². The van der Waals surface area contributed by atoms with E-state index in [4.69, 9.17) is 4.84 Å². The number of hydrogen-bond acceptors (Lipinski definition) is 7. The Balaban J connectivity index is 1.49. The van der Waals surface area contributed by atoms with E-state index in [-0.39, 0.29) is 31.3 Å². The number of oxime groups is 1. The van der Waals surface area contributed by atoms with E-state index in [1.165, 1.54) is 4.90 Å². The number of rotatable bonds is 6. The Morgan fingerprint density at radius 3 is 2.69 bits per heavy atom. The molecular weight excluding hydrogens is 412 g/mol. The molecule has 1 saturated carbocycles. The van der Waals surface area contributed by atoms with Crippen molar-refractivity contribution in [3.63, 3.8) is 0 Å². The van der Waals surface area contributed by atoms with E-state index in [9.17, 15) is 14.7 Å². The Morgan fingerprint density at radius 2 is 2.09 bits per heavy atom. The molecule has 1 saturated heterocycles. The maximum atomic E-state index is 13.7. The van der Waals surface area contributed by atoms with Crippen molar-refractivity contribution in [3.05, 3.63) is 11.9 Å². The zero-order chi connectivity index (χ0) is 23.3. The van der Waals surface area contributed by atoms with Crippen LogP contribution in [-0.2, 0) is 14.4 Å². The predicted octanol–water partition coefficient (Wildman–Crippen LogP) is 1.38. The molecule has 32 heavy (non-hydrogen) atoms. The van der Waals surface area contributed by atoms with Gasteiger partial charge in [0.1, 0.15) is 12.1 Å². The minimum absolute atomic E-state index is 0.115. The molecule has 10 heteroatoms. The second kappa shape index (κ2) is 8.13. The van der Waals surface area contributed by atoms with Crippen molar-refractivity contribution in [1.29, 1.82) is 0 Å². The highest BCUT2D eigenvalue weighted by Crippen LogP contribution is 2.40. The smallest absolute Gasteiger partial charge is 0.248 e. The van der Waals surface area contributed by atoms with Gasteiger partial charge >= 0.3 is 0 Å². The van der Waals surface area contributed by atoms with Crippen LogP contribution in [0.25, 0.3) is 0 Å². The van der Waals surface area contributed by atoms with Crippen LogP contribution in [0.4, 0.5) is 0 Å². The highest BCUT2D eigenvalue weighted by Gasteiger charge is 2.46. The molecule has 0 aromatic carbocycles. The van der Waals surface area contributed by atoms with E-state index in [1.807, 2.05) is 40.8 Å². The number of aromatic nitrogens is 3. The van der Waals surface area contributed by atoms with Crippen molar-refractivity contribution in [1.82, 2.24) is 25.2 Å². The number of amides is 2. The van der Waals surface area contributed by atoms with Gasteiger partial charge in [0.05, 0.1) is 24.1 Å². The lowest BCUT2D eigenvalue weighted by atomic mass is 9.85. The Morgan fingerprint density at radius 1 is 1.38 bits per heavy atom. The zero-order valence-electron chi connectivity index (χ0n) is 19.5. The van der Waals surface area contributed by atoms with Gasteiger partial charge in [-0.3, -0.25) is 9.59 Å². The number of hydrogen-bond donors (Lipinski definition) is 2. The van der Waals surface area contributed by atoms with Crippen LogP contribution in [-0.4, -0.2) is 73.4 Å². The summed E-state index contributed by atoms with van der Waals surface area (Å²) in [5, 5.41) is 25.7. The molecule has 2 aliphatic heterocycles. The normalized spacial score (nSPS) is 28.9. The number of nitrogens with zero attached hydrogens (tertiary/aromatic N) is 5. The van der Waals surface area contributed by atoms with Crippen LogP contribution in [0.3, 0.4) is 0 Å². The number of carbonyl (C=O) groups excluding carboxylic acids is 2. The summed E-state index contributed by atoms with van der Waals surface area (Å²) in [6.45, 7) is 10.1. The summed E-state index contributed by atoms with van der Waals surface area (Å²) in [4.78, 5) is 33.7. The largest absolute Gasteiger partial charge is 0.391 e. The van der Waals surface area contributed by atoms with Gasteiger partial charge in [0.15, 0.2) is 5.60 Å². The first kappa shape index (κ1) is 22.7. The van der Waals surface area contributed by atoms with E-state index in [0.29, 0.717) is 12.3 Å². The highest BCUT2D eigenvalue weighted by molar-refractivity contribution is 5.90. The van der Waals surface area contributed by atoms with Crippen molar-refractivity contribution in [2.45, 2.75) is 90.0 Å². The minimum Gasteiger partial charge on any atom is -0.391 e.